The smallest absolute Gasteiger partial charge is 0.407 e. The first kappa shape index (κ1) is 16.6. The molecule has 0 aromatic heterocycles. The average Bonchev–Trinajstić information content (AvgIpc) is 3.22. The fraction of sp³-hybridized carbons (Fsp3) is 0.938. The molecule has 122 valence electrons. The second kappa shape index (κ2) is 7.45. The molecule has 1 aliphatic carbocycles. The van der Waals surface area contributed by atoms with Gasteiger partial charge in [-0.1, -0.05) is 0 Å². The summed E-state index contributed by atoms with van der Waals surface area (Å²) in [6.07, 6.45) is 3.65. The Morgan fingerprint density at radius 3 is 2.67 bits per heavy atom. The van der Waals surface area contributed by atoms with Gasteiger partial charge in [0.1, 0.15) is 0 Å². The van der Waals surface area contributed by atoms with Gasteiger partial charge in [0.2, 0.25) is 0 Å². The predicted octanol–water partition coefficient (Wildman–Crippen LogP) is 1.99. The molecule has 0 aromatic carbocycles. The molecular weight excluding hydrogens is 268 g/mol. The van der Waals surface area contributed by atoms with Crippen molar-refractivity contribution in [1.82, 2.24) is 10.2 Å². The fourth-order valence-electron chi connectivity index (χ4n) is 3.29. The van der Waals surface area contributed by atoms with E-state index in [0.29, 0.717) is 24.5 Å². The molecule has 0 bridgehead atoms. The van der Waals surface area contributed by atoms with E-state index in [0.717, 1.165) is 25.9 Å². The molecule has 3 atom stereocenters. The molecule has 0 radical (unpaired) electrons. The minimum Gasteiger partial charge on any atom is -0.450 e. The molecule has 1 heterocycles. The zero-order chi connectivity index (χ0) is 15.4. The third-order valence-electron chi connectivity index (χ3n) is 4.63. The van der Waals surface area contributed by atoms with Gasteiger partial charge in [0.15, 0.2) is 0 Å². The highest BCUT2D eigenvalue weighted by atomic mass is 16.5. The Kier molecular flexibility index (Phi) is 5.88. The van der Waals surface area contributed by atoms with E-state index in [1.165, 1.54) is 12.8 Å². The molecule has 2 N–H and O–H groups in total. The number of likely N-dealkylation sites (tertiary alicyclic amines) is 1. The number of aliphatic hydroxyl groups is 1. The molecule has 2 rings (SSSR count). The zero-order valence-corrected chi connectivity index (χ0v) is 13.5. The lowest BCUT2D eigenvalue weighted by atomic mass is 9.88. The maximum absolute atomic E-state index is 11.6. The third-order valence-corrected chi connectivity index (χ3v) is 4.63. The number of ether oxygens (including phenoxy) is 1. The Balaban J connectivity index is 1.89. The molecule has 5 nitrogen and oxygen atoms in total. The topological polar surface area (TPSA) is 61.8 Å². The van der Waals surface area contributed by atoms with Crippen molar-refractivity contribution in [3.63, 3.8) is 0 Å². The number of carbonyl (C=O) groups is 1. The second-order valence-corrected chi connectivity index (χ2v) is 6.85. The first-order valence-electron chi connectivity index (χ1n) is 8.35. The number of rotatable bonds is 6. The van der Waals surface area contributed by atoms with Crippen LogP contribution in [0, 0.1) is 11.8 Å². The number of aliphatic hydroxyl groups excluding tert-OH is 1. The molecule has 1 aliphatic heterocycles. The summed E-state index contributed by atoms with van der Waals surface area (Å²) in [5.74, 6) is 0.972. The van der Waals surface area contributed by atoms with E-state index in [9.17, 15) is 9.90 Å². The minimum absolute atomic E-state index is 0.122. The van der Waals surface area contributed by atoms with Crippen LogP contribution in [0.5, 0.6) is 0 Å². The summed E-state index contributed by atoms with van der Waals surface area (Å²) < 4.78 is 4.99. The second-order valence-electron chi connectivity index (χ2n) is 6.85. The first-order chi connectivity index (χ1) is 9.99. The van der Waals surface area contributed by atoms with Gasteiger partial charge in [-0.3, -0.25) is 4.90 Å². The van der Waals surface area contributed by atoms with Gasteiger partial charge in [-0.2, -0.15) is 0 Å². The highest BCUT2D eigenvalue weighted by Gasteiger charge is 2.35. The number of nitrogens with one attached hydrogen (secondary N) is 1. The molecule has 21 heavy (non-hydrogen) atoms. The number of hydrogen-bond donors (Lipinski definition) is 2. The summed E-state index contributed by atoms with van der Waals surface area (Å²) in [7, 11) is 0. The molecular formula is C16H30N2O3. The lowest BCUT2D eigenvalue weighted by Gasteiger charge is -2.40. The van der Waals surface area contributed by atoms with Crippen molar-refractivity contribution >= 4 is 6.09 Å². The van der Waals surface area contributed by atoms with Gasteiger partial charge in [-0.15, -0.1) is 0 Å². The van der Waals surface area contributed by atoms with E-state index >= 15 is 0 Å². The average molecular weight is 298 g/mol. The quantitative estimate of drug-likeness (QED) is 0.787. The normalized spacial score (nSPS) is 28.4. The van der Waals surface area contributed by atoms with E-state index in [4.69, 9.17) is 4.74 Å². The lowest BCUT2D eigenvalue weighted by molar-refractivity contribution is 0.0603. The van der Waals surface area contributed by atoms with Gasteiger partial charge in [0.05, 0.1) is 12.7 Å². The maximum Gasteiger partial charge on any atom is 0.407 e. The van der Waals surface area contributed by atoms with E-state index in [-0.39, 0.29) is 18.2 Å². The van der Waals surface area contributed by atoms with Gasteiger partial charge in [-0.05, 0) is 58.3 Å². The van der Waals surface area contributed by atoms with Gasteiger partial charge in [-0.25, -0.2) is 4.79 Å². The van der Waals surface area contributed by atoms with Gasteiger partial charge >= 0.3 is 6.09 Å². The van der Waals surface area contributed by atoms with Gasteiger partial charge in [0, 0.05) is 25.2 Å². The van der Waals surface area contributed by atoms with Gasteiger partial charge in [0.25, 0.3) is 0 Å². The Bertz CT molecular complexity index is 342. The zero-order valence-electron chi connectivity index (χ0n) is 13.5. The SMILES string of the molecule is CCOC(=O)NC1CC(CC(O)C2CC2)CN(C(C)C)C1. The lowest BCUT2D eigenvalue weighted by Crippen LogP contribution is -2.53. The van der Waals surface area contributed by atoms with Crippen molar-refractivity contribution in [3.05, 3.63) is 0 Å². The highest BCUT2D eigenvalue weighted by molar-refractivity contribution is 5.67. The van der Waals surface area contributed by atoms with Crippen LogP contribution in [-0.4, -0.2) is 54.0 Å². The number of amides is 1. The molecule has 0 spiro atoms. The summed E-state index contributed by atoms with van der Waals surface area (Å²) in [5.41, 5.74) is 0. The van der Waals surface area contributed by atoms with Crippen LogP contribution in [0.2, 0.25) is 0 Å². The predicted molar refractivity (Wildman–Crippen MR) is 82.1 cm³/mol. The van der Waals surface area contributed by atoms with Crippen molar-refractivity contribution in [1.29, 1.82) is 0 Å². The van der Waals surface area contributed by atoms with Crippen molar-refractivity contribution < 1.29 is 14.6 Å². The van der Waals surface area contributed by atoms with Crippen LogP contribution in [-0.2, 0) is 4.74 Å². The number of carbonyl (C=O) groups excluding carboxylic acids is 1. The molecule has 3 unspecified atom stereocenters. The van der Waals surface area contributed by atoms with Crippen LogP contribution in [0.4, 0.5) is 4.79 Å². The maximum atomic E-state index is 11.6. The third kappa shape index (κ3) is 5.15. The standard InChI is InChI=1S/C16H30N2O3/c1-4-21-16(20)17-14-7-12(8-15(19)13-5-6-13)9-18(10-14)11(2)3/h11-15,19H,4-10H2,1-3H3,(H,17,20). The fourth-order valence-corrected chi connectivity index (χ4v) is 3.29. The Labute approximate surface area is 128 Å². The Hall–Kier alpha value is -0.810. The van der Waals surface area contributed by atoms with Crippen LogP contribution >= 0.6 is 0 Å². The Morgan fingerprint density at radius 1 is 1.38 bits per heavy atom. The first-order valence-corrected chi connectivity index (χ1v) is 8.35. The summed E-state index contributed by atoms with van der Waals surface area (Å²) in [6, 6.07) is 0.578. The van der Waals surface area contributed by atoms with Crippen molar-refractivity contribution in [2.75, 3.05) is 19.7 Å². The number of alkyl carbamates (subject to hydrolysis) is 1. The molecule has 1 saturated heterocycles. The molecule has 1 amide bonds. The van der Waals surface area contributed by atoms with Crippen LogP contribution < -0.4 is 5.32 Å². The van der Waals surface area contributed by atoms with Crippen LogP contribution in [0.15, 0.2) is 0 Å². The van der Waals surface area contributed by atoms with Crippen molar-refractivity contribution in [3.8, 4) is 0 Å². The van der Waals surface area contributed by atoms with Crippen molar-refractivity contribution in [2.45, 2.75) is 64.6 Å². The molecule has 1 saturated carbocycles. The largest absolute Gasteiger partial charge is 0.450 e. The number of piperidine rings is 1. The molecule has 2 fully saturated rings. The molecule has 5 heteroatoms. The summed E-state index contributed by atoms with van der Waals surface area (Å²) in [6.45, 7) is 8.46. The summed E-state index contributed by atoms with van der Waals surface area (Å²) in [4.78, 5) is 14.0. The monoisotopic (exact) mass is 298 g/mol. The Morgan fingerprint density at radius 2 is 2.10 bits per heavy atom. The minimum atomic E-state index is -0.324. The van der Waals surface area contributed by atoms with Crippen LogP contribution in [0.25, 0.3) is 0 Å². The van der Waals surface area contributed by atoms with E-state index in [1.807, 2.05) is 6.92 Å². The number of hydrogen-bond acceptors (Lipinski definition) is 4. The summed E-state index contributed by atoms with van der Waals surface area (Å²) in [5, 5.41) is 13.2. The number of nitrogens with zero attached hydrogens (tertiary/aromatic N) is 1. The van der Waals surface area contributed by atoms with Crippen LogP contribution in [0.1, 0.15) is 46.5 Å². The van der Waals surface area contributed by atoms with E-state index in [2.05, 4.69) is 24.1 Å². The molecule has 2 aliphatic rings. The van der Waals surface area contributed by atoms with Crippen LogP contribution in [0.3, 0.4) is 0 Å². The molecule has 0 aromatic rings. The van der Waals surface area contributed by atoms with Gasteiger partial charge < -0.3 is 15.2 Å². The van der Waals surface area contributed by atoms with E-state index in [1.54, 1.807) is 0 Å². The highest BCUT2D eigenvalue weighted by Crippen LogP contribution is 2.36. The van der Waals surface area contributed by atoms with Crippen molar-refractivity contribution in [2.24, 2.45) is 11.8 Å². The van der Waals surface area contributed by atoms with E-state index < -0.39 is 0 Å². The summed E-state index contributed by atoms with van der Waals surface area (Å²) >= 11 is 0.